The summed E-state index contributed by atoms with van der Waals surface area (Å²) in [5, 5.41) is 10.5. The molecule has 10 heteroatoms. The lowest BCUT2D eigenvalue weighted by molar-refractivity contribution is -0.205. The Balaban J connectivity index is 2.75. The molecule has 1 rings (SSSR count). The van der Waals surface area contributed by atoms with E-state index in [0.717, 1.165) is 7.05 Å². The van der Waals surface area contributed by atoms with Crippen LogP contribution in [0.2, 0.25) is 0 Å². The molecule has 4 nitrogen and oxygen atoms in total. The van der Waals surface area contributed by atoms with Crippen LogP contribution in [0.15, 0.2) is 12.1 Å². The van der Waals surface area contributed by atoms with Gasteiger partial charge in [0.25, 0.3) is 0 Å². The number of hydrogen-bond donors (Lipinski definition) is 2. The second kappa shape index (κ2) is 6.20. The van der Waals surface area contributed by atoms with E-state index < -0.39 is 48.0 Å². The van der Waals surface area contributed by atoms with Crippen molar-refractivity contribution >= 4 is 11.7 Å². The molecule has 1 aromatic carbocycles. The Morgan fingerprint density at radius 3 is 2.29 bits per heavy atom. The van der Waals surface area contributed by atoms with E-state index in [1.54, 1.807) is 5.32 Å². The van der Waals surface area contributed by atoms with Crippen molar-refractivity contribution in [2.45, 2.75) is 12.3 Å². The molecule has 0 aliphatic rings. The zero-order valence-corrected chi connectivity index (χ0v) is 10.5. The van der Waals surface area contributed by atoms with Gasteiger partial charge in [-0.05, 0) is 0 Å². The van der Waals surface area contributed by atoms with Crippen LogP contribution in [0.5, 0.6) is 0 Å². The molecule has 0 aromatic heterocycles. The Morgan fingerprint density at radius 2 is 1.76 bits per heavy atom. The topological polar surface area (TPSA) is 52.6 Å². The zero-order valence-electron chi connectivity index (χ0n) is 10.5. The smallest absolute Gasteiger partial charge is 0.382 e. The highest BCUT2D eigenvalue weighted by atomic mass is 19.4. The largest absolute Gasteiger partial charge is 0.416 e. The van der Waals surface area contributed by atoms with Crippen LogP contribution in [0.4, 0.5) is 36.8 Å². The number of carbonyl (C=O) groups is 1. The second-order valence-electron chi connectivity index (χ2n) is 4.11. The first-order chi connectivity index (χ1) is 9.52. The number of nitrogens with zero attached hydrogens (tertiary/aromatic N) is 1. The molecule has 21 heavy (non-hydrogen) atoms. The number of halogens is 6. The average Bonchev–Trinajstić information content (AvgIpc) is 2.34. The molecule has 1 aromatic rings. The van der Waals surface area contributed by atoms with Crippen LogP contribution in [0.3, 0.4) is 0 Å². The third-order valence-electron chi connectivity index (χ3n) is 2.42. The van der Waals surface area contributed by atoms with Gasteiger partial charge in [0.2, 0.25) is 0 Å². The van der Waals surface area contributed by atoms with Gasteiger partial charge in [-0.1, -0.05) is 0 Å². The van der Waals surface area contributed by atoms with Crippen LogP contribution in [-0.4, -0.2) is 41.9 Å². The fourth-order valence-corrected chi connectivity index (χ4v) is 1.27. The summed E-state index contributed by atoms with van der Waals surface area (Å²) in [5.41, 5.74) is -0.743. The summed E-state index contributed by atoms with van der Waals surface area (Å²) < 4.78 is 75.1. The minimum absolute atomic E-state index is 0.176. The number of likely N-dealkylation sites (N-methyl/N-ethyl adjacent to an activating group) is 1. The van der Waals surface area contributed by atoms with E-state index in [1.165, 1.54) is 0 Å². The molecule has 0 fully saturated rings. The number of alkyl halides is 3. The SMILES string of the molecule is CN(CC(O)C(F)(F)F)C(=O)Nc1cc(F)c(F)cc1F. The fraction of sp³-hybridized carbons (Fsp3) is 0.364. The van der Waals surface area contributed by atoms with E-state index in [1.807, 2.05) is 0 Å². The third kappa shape index (κ3) is 4.52. The molecule has 0 heterocycles. The van der Waals surface area contributed by atoms with E-state index in [2.05, 4.69) is 0 Å². The molecule has 0 saturated heterocycles. The molecule has 1 unspecified atom stereocenters. The fourth-order valence-electron chi connectivity index (χ4n) is 1.27. The van der Waals surface area contributed by atoms with Gasteiger partial charge in [-0.25, -0.2) is 18.0 Å². The van der Waals surface area contributed by atoms with Crippen molar-refractivity contribution in [1.82, 2.24) is 4.90 Å². The molecule has 0 aliphatic heterocycles. The van der Waals surface area contributed by atoms with Gasteiger partial charge in [0.15, 0.2) is 17.7 Å². The van der Waals surface area contributed by atoms with Crippen molar-refractivity contribution in [3.8, 4) is 0 Å². The van der Waals surface area contributed by atoms with Crippen molar-refractivity contribution < 1.29 is 36.2 Å². The average molecular weight is 316 g/mol. The Hall–Kier alpha value is -1.97. The monoisotopic (exact) mass is 316 g/mol. The van der Waals surface area contributed by atoms with Gasteiger partial charge >= 0.3 is 12.2 Å². The molecule has 0 aliphatic carbocycles. The minimum Gasteiger partial charge on any atom is -0.382 e. The number of aliphatic hydroxyl groups is 1. The van der Waals surface area contributed by atoms with Crippen molar-refractivity contribution in [3.05, 3.63) is 29.6 Å². The molecule has 0 radical (unpaired) electrons. The van der Waals surface area contributed by atoms with Gasteiger partial charge in [0, 0.05) is 19.2 Å². The molecule has 0 bridgehead atoms. The highest BCUT2D eigenvalue weighted by Gasteiger charge is 2.39. The Morgan fingerprint density at radius 1 is 1.24 bits per heavy atom. The first-order valence-corrected chi connectivity index (χ1v) is 5.43. The van der Waals surface area contributed by atoms with E-state index in [0.29, 0.717) is 11.0 Å². The van der Waals surface area contributed by atoms with Crippen LogP contribution in [0, 0.1) is 17.5 Å². The van der Waals surface area contributed by atoms with Crippen LogP contribution < -0.4 is 5.32 Å². The summed E-state index contributed by atoms with van der Waals surface area (Å²) in [6.07, 6.45) is -7.72. The number of rotatable bonds is 3. The Bertz CT molecular complexity index is 534. The predicted molar refractivity (Wildman–Crippen MR) is 60.0 cm³/mol. The Kier molecular flexibility index (Phi) is 5.05. The quantitative estimate of drug-likeness (QED) is 0.665. The molecule has 0 saturated carbocycles. The lowest BCUT2D eigenvalue weighted by Crippen LogP contribution is -2.43. The molecular weight excluding hydrogens is 306 g/mol. The van der Waals surface area contributed by atoms with E-state index in [-0.39, 0.29) is 6.07 Å². The van der Waals surface area contributed by atoms with E-state index in [9.17, 15) is 31.1 Å². The van der Waals surface area contributed by atoms with Crippen LogP contribution >= 0.6 is 0 Å². The van der Waals surface area contributed by atoms with Gasteiger partial charge in [-0.15, -0.1) is 0 Å². The second-order valence-corrected chi connectivity index (χ2v) is 4.11. The predicted octanol–water partition coefficient (Wildman–Crippen LogP) is 2.49. The highest BCUT2D eigenvalue weighted by Crippen LogP contribution is 2.21. The normalized spacial score (nSPS) is 13.0. The summed E-state index contributed by atoms with van der Waals surface area (Å²) in [6.45, 7) is -1.11. The maximum Gasteiger partial charge on any atom is 0.416 e. The van der Waals surface area contributed by atoms with Gasteiger partial charge in [0.1, 0.15) is 5.82 Å². The third-order valence-corrected chi connectivity index (χ3v) is 2.42. The maximum absolute atomic E-state index is 13.2. The number of nitrogens with one attached hydrogen (secondary N) is 1. The molecule has 0 spiro atoms. The maximum atomic E-state index is 13.2. The van der Waals surface area contributed by atoms with E-state index >= 15 is 0 Å². The van der Waals surface area contributed by atoms with Crippen molar-refractivity contribution in [2.75, 3.05) is 18.9 Å². The standard InChI is InChI=1S/C11H10F6N2O2/c1-19(4-9(20)11(15,16)17)10(21)18-8-3-6(13)5(12)2-7(8)14/h2-3,9,20H,4H2,1H3,(H,18,21). The molecular formula is C11H10F6N2O2. The highest BCUT2D eigenvalue weighted by molar-refractivity contribution is 5.89. The molecule has 2 amide bonds. The summed E-state index contributed by atoms with van der Waals surface area (Å²) in [5.74, 6) is -4.22. The summed E-state index contributed by atoms with van der Waals surface area (Å²) in [7, 11) is 0.905. The number of carbonyl (C=O) groups excluding carboxylic acids is 1. The van der Waals surface area contributed by atoms with Crippen LogP contribution in [0.25, 0.3) is 0 Å². The molecule has 1 atom stereocenters. The first-order valence-electron chi connectivity index (χ1n) is 5.43. The van der Waals surface area contributed by atoms with Gasteiger partial charge in [0.05, 0.1) is 12.2 Å². The number of benzene rings is 1. The summed E-state index contributed by atoms with van der Waals surface area (Å²) >= 11 is 0. The van der Waals surface area contributed by atoms with Crippen LogP contribution in [-0.2, 0) is 0 Å². The van der Waals surface area contributed by atoms with Gasteiger partial charge < -0.3 is 15.3 Å². The summed E-state index contributed by atoms with van der Waals surface area (Å²) in [6, 6.07) is -0.713. The van der Waals surface area contributed by atoms with Crippen molar-refractivity contribution in [3.63, 3.8) is 0 Å². The Labute approximate surface area is 115 Å². The van der Waals surface area contributed by atoms with Crippen LogP contribution in [0.1, 0.15) is 0 Å². The number of anilines is 1. The lowest BCUT2D eigenvalue weighted by atomic mass is 10.3. The van der Waals surface area contributed by atoms with Gasteiger partial charge in [-0.2, -0.15) is 13.2 Å². The zero-order chi connectivity index (χ0) is 16.4. The summed E-state index contributed by atoms with van der Waals surface area (Å²) in [4.78, 5) is 11.9. The number of hydrogen-bond acceptors (Lipinski definition) is 2. The molecule has 2 N–H and O–H groups in total. The number of aliphatic hydroxyl groups excluding tert-OH is 1. The lowest BCUT2D eigenvalue weighted by Gasteiger charge is -2.22. The number of urea groups is 1. The van der Waals surface area contributed by atoms with Crippen molar-refractivity contribution in [2.24, 2.45) is 0 Å². The minimum atomic E-state index is -4.93. The van der Waals surface area contributed by atoms with Crippen molar-refractivity contribution in [1.29, 1.82) is 0 Å². The van der Waals surface area contributed by atoms with E-state index in [4.69, 9.17) is 5.11 Å². The number of amides is 2. The first kappa shape index (κ1) is 17.1. The molecule has 118 valence electrons. The van der Waals surface area contributed by atoms with Gasteiger partial charge in [-0.3, -0.25) is 0 Å².